The highest BCUT2D eigenvalue weighted by Crippen LogP contribution is 2.16. The molecule has 2 rings (SSSR count). The fourth-order valence-electron chi connectivity index (χ4n) is 2.41. The lowest BCUT2D eigenvalue weighted by molar-refractivity contribution is -0.133. The first kappa shape index (κ1) is 17.7. The van der Waals surface area contributed by atoms with E-state index in [0.29, 0.717) is 6.04 Å². The Bertz CT molecular complexity index is 459. The Kier molecular flexibility index (Phi) is 7.47. The summed E-state index contributed by atoms with van der Waals surface area (Å²) in [5, 5.41) is 3.20. The first-order chi connectivity index (χ1) is 9.70. The van der Waals surface area contributed by atoms with E-state index in [9.17, 15) is 9.18 Å². The summed E-state index contributed by atoms with van der Waals surface area (Å²) in [5.41, 5.74) is 0. The monoisotopic (exact) mass is 316 g/mol. The predicted molar refractivity (Wildman–Crippen MR) is 82.4 cm³/mol. The standard InChI is InChI=1S/C15H21FN2O2.ClH/c1-17-12-5-4-9-18(11-12)15(19)8-10-20-14-7-3-2-6-13(14)16;/h2-3,6-7,12,17H,4-5,8-11H2,1H3;1H. The number of hydrogen-bond donors (Lipinski definition) is 1. The zero-order chi connectivity index (χ0) is 14.4. The van der Waals surface area contributed by atoms with Crippen molar-refractivity contribution in [2.24, 2.45) is 0 Å². The van der Waals surface area contributed by atoms with Crippen LogP contribution in [0.3, 0.4) is 0 Å². The lowest BCUT2D eigenvalue weighted by Gasteiger charge is -2.32. The van der Waals surface area contributed by atoms with E-state index in [1.165, 1.54) is 6.07 Å². The SMILES string of the molecule is CNC1CCCN(C(=O)CCOc2ccccc2F)C1.Cl. The molecule has 1 atom stereocenters. The summed E-state index contributed by atoms with van der Waals surface area (Å²) in [6.07, 6.45) is 2.40. The van der Waals surface area contributed by atoms with E-state index in [4.69, 9.17) is 4.74 Å². The van der Waals surface area contributed by atoms with Gasteiger partial charge in [-0.25, -0.2) is 4.39 Å². The van der Waals surface area contributed by atoms with Crippen molar-refractivity contribution in [2.45, 2.75) is 25.3 Å². The van der Waals surface area contributed by atoms with Crippen molar-refractivity contribution in [3.05, 3.63) is 30.1 Å². The maximum atomic E-state index is 13.3. The van der Waals surface area contributed by atoms with Crippen LogP contribution in [-0.2, 0) is 4.79 Å². The largest absolute Gasteiger partial charge is 0.490 e. The summed E-state index contributed by atoms with van der Waals surface area (Å²) in [5.74, 6) is -0.124. The first-order valence-electron chi connectivity index (χ1n) is 7.03. The second-order valence-electron chi connectivity index (χ2n) is 5.00. The number of carbonyl (C=O) groups is 1. The molecule has 1 fully saturated rings. The molecule has 1 aliphatic heterocycles. The summed E-state index contributed by atoms with van der Waals surface area (Å²) in [4.78, 5) is 13.9. The normalized spacial score (nSPS) is 18.0. The molecule has 1 N–H and O–H groups in total. The Morgan fingerprint density at radius 1 is 1.48 bits per heavy atom. The fourth-order valence-corrected chi connectivity index (χ4v) is 2.41. The number of nitrogens with one attached hydrogen (secondary N) is 1. The number of amides is 1. The molecule has 1 heterocycles. The summed E-state index contributed by atoms with van der Waals surface area (Å²) in [7, 11) is 1.92. The second-order valence-corrected chi connectivity index (χ2v) is 5.00. The maximum absolute atomic E-state index is 13.3. The maximum Gasteiger partial charge on any atom is 0.226 e. The molecule has 4 nitrogen and oxygen atoms in total. The van der Waals surface area contributed by atoms with E-state index in [1.807, 2.05) is 11.9 Å². The summed E-state index contributed by atoms with van der Waals surface area (Å²) in [6, 6.07) is 6.61. The number of ether oxygens (including phenoxy) is 1. The molecular formula is C15H22ClFN2O2. The van der Waals surface area contributed by atoms with Crippen LogP contribution in [-0.4, -0.2) is 43.6 Å². The number of benzene rings is 1. The van der Waals surface area contributed by atoms with E-state index in [-0.39, 0.29) is 37.1 Å². The topological polar surface area (TPSA) is 41.6 Å². The fraction of sp³-hybridized carbons (Fsp3) is 0.533. The highest BCUT2D eigenvalue weighted by molar-refractivity contribution is 5.85. The lowest BCUT2D eigenvalue weighted by Crippen LogP contribution is -2.47. The Labute approximate surface area is 131 Å². The van der Waals surface area contributed by atoms with Crippen molar-refractivity contribution in [3.63, 3.8) is 0 Å². The van der Waals surface area contributed by atoms with Crippen LogP contribution in [0, 0.1) is 5.82 Å². The number of likely N-dealkylation sites (N-methyl/N-ethyl adjacent to an activating group) is 1. The van der Waals surface area contributed by atoms with Crippen molar-refractivity contribution in [1.29, 1.82) is 0 Å². The van der Waals surface area contributed by atoms with Crippen molar-refractivity contribution in [1.82, 2.24) is 10.2 Å². The third-order valence-corrected chi connectivity index (χ3v) is 3.59. The Hall–Kier alpha value is -1.33. The molecule has 1 unspecified atom stereocenters. The van der Waals surface area contributed by atoms with Crippen LogP contribution in [0.25, 0.3) is 0 Å². The molecule has 6 heteroatoms. The van der Waals surface area contributed by atoms with Gasteiger partial charge in [-0.15, -0.1) is 12.4 Å². The molecule has 0 aliphatic carbocycles. The number of para-hydroxylation sites is 1. The van der Waals surface area contributed by atoms with Gasteiger partial charge in [0, 0.05) is 19.1 Å². The molecule has 1 aromatic carbocycles. The Morgan fingerprint density at radius 2 is 2.24 bits per heavy atom. The van der Waals surface area contributed by atoms with Crippen molar-refractivity contribution < 1.29 is 13.9 Å². The van der Waals surface area contributed by atoms with Crippen LogP contribution in [0.5, 0.6) is 5.75 Å². The molecule has 0 bridgehead atoms. The number of nitrogens with zero attached hydrogens (tertiary/aromatic N) is 1. The van der Waals surface area contributed by atoms with E-state index in [2.05, 4.69) is 5.32 Å². The van der Waals surface area contributed by atoms with Crippen LogP contribution in [0.15, 0.2) is 24.3 Å². The quantitative estimate of drug-likeness (QED) is 0.905. The average Bonchev–Trinajstić information content (AvgIpc) is 2.49. The van der Waals surface area contributed by atoms with Crippen LogP contribution >= 0.6 is 12.4 Å². The summed E-state index contributed by atoms with van der Waals surface area (Å²) < 4.78 is 18.7. The van der Waals surface area contributed by atoms with Gasteiger partial charge < -0.3 is 15.0 Å². The molecule has 0 radical (unpaired) electrons. The van der Waals surface area contributed by atoms with Crippen LogP contribution in [0.2, 0.25) is 0 Å². The van der Waals surface area contributed by atoms with Gasteiger partial charge in [0.05, 0.1) is 13.0 Å². The van der Waals surface area contributed by atoms with Crippen LogP contribution in [0.4, 0.5) is 4.39 Å². The lowest BCUT2D eigenvalue weighted by atomic mass is 10.1. The summed E-state index contributed by atoms with van der Waals surface area (Å²) >= 11 is 0. The van der Waals surface area contributed by atoms with Gasteiger partial charge in [0.2, 0.25) is 5.91 Å². The number of rotatable bonds is 5. The highest BCUT2D eigenvalue weighted by atomic mass is 35.5. The zero-order valence-electron chi connectivity index (χ0n) is 12.2. The molecule has 1 saturated heterocycles. The van der Waals surface area contributed by atoms with Crippen molar-refractivity contribution in [3.8, 4) is 5.75 Å². The molecule has 0 saturated carbocycles. The Morgan fingerprint density at radius 3 is 2.95 bits per heavy atom. The molecule has 1 aliphatic rings. The third-order valence-electron chi connectivity index (χ3n) is 3.59. The van der Waals surface area contributed by atoms with E-state index < -0.39 is 5.82 Å². The molecule has 1 amide bonds. The minimum Gasteiger partial charge on any atom is -0.490 e. The van der Waals surface area contributed by atoms with Gasteiger partial charge in [-0.3, -0.25) is 4.79 Å². The Balaban J connectivity index is 0.00000220. The van der Waals surface area contributed by atoms with Gasteiger partial charge in [0.25, 0.3) is 0 Å². The molecule has 1 aromatic rings. The highest BCUT2D eigenvalue weighted by Gasteiger charge is 2.22. The number of halogens is 2. The van der Waals surface area contributed by atoms with Crippen molar-refractivity contribution in [2.75, 3.05) is 26.7 Å². The molecule has 21 heavy (non-hydrogen) atoms. The zero-order valence-corrected chi connectivity index (χ0v) is 13.0. The van der Waals surface area contributed by atoms with Gasteiger partial charge in [-0.1, -0.05) is 12.1 Å². The predicted octanol–water partition coefficient (Wildman–Crippen LogP) is 2.23. The van der Waals surface area contributed by atoms with Gasteiger partial charge in [0.15, 0.2) is 11.6 Å². The van der Waals surface area contributed by atoms with Crippen LogP contribution in [0.1, 0.15) is 19.3 Å². The molecule has 118 valence electrons. The minimum absolute atomic E-state index is 0. The molecular weight excluding hydrogens is 295 g/mol. The second kappa shape index (κ2) is 8.85. The summed E-state index contributed by atoms with van der Waals surface area (Å²) in [6.45, 7) is 1.76. The smallest absolute Gasteiger partial charge is 0.226 e. The van der Waals surface area contributed by atoms with Gasteiger partial charge in [-0.2, -0.15) is 0 Å². The number of likely N-dealkylation sites (tertiary alicyclic amines) is 1. The average molecular weight is 317 g/mol. The van der Waals surface area contributed by atoms with E-state index in [0.717, 1.165) is 25.9 Å². The molecule has 0 spiro atoms. The van der Waals surface area contributed by atoms with E-state index >= 15 is 0 Å². The number of hydrogen-bond acceptors (Lipinski definition) is 3. The number of piperidine rings is 1. The van der Waals surface area contributed by atoms with Crippen LogP contribution < -0.4 is 10.1 Å². The number of carbonyl (C=O) groups excluding carboxylic acids is 1. The van der Waals surface area contributed by atoms with E-state index in [1.54, 1.807) is 18.2 Å². The van der Waals surface area contributed by atoms with Crippen molar-refractivity contribution >= 4 is 18.3 Å². The minimum atomic E-state index is -0.395. The van der Waals surface area contributed by atoms with Gasteiger partial charge in [0.1, 0.15) is 0 Å². The van der Waals surface area contributed by atoms with Gasteiger partial charge >= 0.3 is 0 Å². The molecule has 0 aromatic heterocycles. The first-order valence-corrected chi connectivity index (χ1v) is 7.03. The van der Waals surface area contributed by atoms with Gasteiger partial charge in [-0.05, 0) is 32.0 Å². The third kappa shape index (κ3) is 5.17.